The third-order valence-corrected chi connectivity index (χ3v) is 5.51. The molecule has 0 unspecified atom stereocenters. The third kappa shape index (κ3) is 3.22. The highest BCUT2D eigenvalue weighted by molar-refractivity contribution is 7.89. The molecule has 0 heterocycles. The molecule has 1 rings (SSSR count). The van der Waals surface area contributed by atoms with Crippen molar-refractivity contribution in [1.82, 2.24) is 4.31 Å². The predicted octanol–water partition coefficient (Wildman–Crippen LogP) is 2.86. The minimum atomic E-state index is -3.59. The van der Waals surface area contributed by atoms with Crippen molar-refractivity contribution in [2.75, 3.05) is 12.3 Å². The van der Waals surface area contributed by atoms with E-state index in [1.54, 1.807) is 32.1 Å². The lowest BCUT2D eigenvalue weighted by Gasteiger charge is -2.34. The van der Waals surface area contributed by atoms with Gasteiger partial charge in [0, 0.05) is 17.8 Å². The van der Waals surface area contributed by atoms with E-state index in [1.807, 2.05) is 20.8 Å². The summed E-state index contributed by atoms with van der Waals surface area (Å²) in [6, 6.07) is 3.38. The van der Waals surface area contributed by atoms with Crippen LogP contribution < -0.4 is 5.73 Å². The van der Waals surface area contributed by atoms with Crippen molar-refractivity contribution < 1.29 is 8.42 Å². The zero-order valence-corrected chi connectivity index (χ0v) is 13.7. The number of nitrogen functional groups attached to an aromatic ring is 1. The van der Waals surface area contributed by atoms with Gasteiger partial charge in [-0.05, 0) is 57.9 Å². The van der Waals surface area contributed by atoms with Gasteiger partial charge in [-0.15, -0.1) is 6.58 Å². The molecule has 0 fully saturated rings. The molecule has 2 N–H and O–H groups in total. The van der Waals surface area contributed by atoms with Gasteiger partial charge < -0.3 is 5.73 Å². The van der Waals surface area contributed by atoms with E-state index >= 15 is 0 Å². The van der Waals surface area contributed by atoms with Crippen molar-refractivity contribution in [3.63, 3.8) is 0 Å². The summed E-state index contributed by atoms with van der Waals surface area (Å²) in [5.74, 6) is 0. The summed E-state index contributed by atoms with van der Waals surface area (Å²) in [4.78, 5) is 0.337. The van der Waals surface area contributed by atoms with Gasteiger partial charge in [0.15, 0.2) is 0 Å². The maximum Gasteiger partial charge on any atom is 0.244 e. The average Bonchev–Trinajstić information content (AvgIpc) is 2.21. The Morgan fingerprint density at radius 3 is 2.05 bits per heavy atom. The molecule has 0 bridgehead atoms. The first-order chi connectivity index (χ1) is 9.01. The SMILES string of the molecule is C=CCN(C(C)(C)C)S(=O)(=O)c1c(C)cc(N)cc1C. The molecule has 112 valence electrons. The molecule has 0 saturated carbocycles. The molecule has 0 saturated heterocycles. The van der Waals surface area contributed by atoms with Crippen LogP contribution in [-0.2, 0) is 10.0 Å². The van der Waals surface area contributed by atoms with Gasteiger partial charge in [0.1, 0.15) is 0 Å². The number of anilines is 1. The molecule has 0 spiro atoms. The van der Waals surface area contributed by atoms with Crippen molar-refractivity contribution >= 4 is 15.7 Å². The zero-order chi connectivity index (χ0) is 15.7. The molecule has 0 aromatic heterocycles. The second-order valence-electron chi connectivity index (χ2n) is 5.98. The Hall–Kier alpha value is -1.33. The van der Waals surface area contributed by atoms with Gasteiger partial charge in [-0.2, -0.15) is 4.31 Å². The lowest BCUT2D eigenvalue weighted by Crippen LogP contribution is -2.45. The molecule has 5 heteroatoms. The molecule has 0 radical (unpaired) electrons. The maximum absolute atomic E-state index is 13.0. The molecule has 1 aromatic carbocycles. The van der Waals surface area contributed by atoms with Crippen LogP contribution >= 0.6 is 0 Å². The second-order valence-corrected chi connectivity index (χ2v) is 7.78. The van der Waals surface area contributed by atoms with Crippen LogP contribution in [0.4, 0.5) is 5.69 Å². The molecule has 4 nitrogen and oxygen atoms in total. The van der Waals surface area contributed by atoms with Crippen LogP contribution in [0, 0.1) is 13.8 Å². The van der Waals surface area contributed by atoms with Gasteiger partial charge in [0.2, 0.25) is 10.0 Å². The summed E-state index contributed by atoms with van der Waals surface area (Å²) in [7, 11) is -3.59. The molecule has 20 heavy (non-hydrogen) atoms. The van der Waals surface area contributed by atoms with E-state index in [-0.39, 0.29) is 6.54 Å². The minimum Gasteiger partial charge on any atom is -0.399 e. The van der Waals surface area contributed by atoms with Crippen LogP contribution in [0.2, 0.25) is 0 Å². The van der Waals surface area contributed by atoms with Gasteiger partial charge in [0.05, 0.1) is 4.90 Å². The molecule has 0 amide bonds. The summed E-state index contributed by atoms with van der Waals surface area (Å²) in [6.45, 7) is 13.1. The third-order valence-electron chi connectivity index (χ3n) is 3.07. The standard InChI is InChI=1S/C15H24N2O2S/c1-7-8-17(15(4,5)6)20(18,19)14-11(2)9-13(16)10-12(14)3/h7,9-10H,1,8,16H2,2-6H3. The van der Waals surface area contributed by atoms with E-state index < -0.39 is 15.6 Å². The topological polar surface area (TPSA) is 63.4 Å². The number of nitrogens with two attached hydrogens (primary N) is 1. The highest BCUT2D eigenvalue weighted by Gasteiger charge is 2.34. The fourth-order valence-corrected chi connectivity index (χ4v) is 4.53. The summed E-state index contributed by atoms with van der Waals surface area (Å²) < 4.78 is 27.4. The van der Waals surface area contributed by atoms with Crippen molar-refractivity contribution in [1.29, 1.82) is 0 Å². The molecule has 0 aliphatic carbocycles. The van der Waals surface area contributed by atoms with Crippen molar-refractivity contribution in [2.45, 2.75) is 45.1 Å². The van der Waals surface area contributed by atoms with Gasteiger partial charge >= 0.3 is 0 Å². The van der Waals surface area contributed by atoms with Crippen molar-refractivity contribution in [3.8, 4) is 0 Å². The first-order valence-corrected chi connectivity index (χ1v) is 7.96. The van der Waals surface area contributed by atoms with Gasteiger partial charge in [-0.3, -0.25) is 0 Å². The number of rotatable bonds is 4. The number of nitrogens with zero attached hydrogens (tertiary/aromatic N) is 1. The van der Waals surface area contributed by atoms with Crippen LogP contribution in [0.3, 0.4) is 0 Å². The van der Waals surface area contributed by atoms with Crippen LogP contribution in [-0.4, -0.2) is 24.8 Å². The van der Waals surface area contributed by atoms with Gasteiger partial charge in [0.25, 0.3) is 0 Å². The first kappa shape index (κ1) is 16.7. The fourth-order valence-electron chi connectivity index (χ4n) is 2.35. The van der Waals surface area contributed by atoms with E-state index in [1.165, 1.54) is 4.31 Å². The van der Waals surface area contributed by atoms with Crippen molar-refractivity contribution in [2.24, 2.45) is 0 Å². The summed E-state index contributed by atoms with van der Waals surface area (Å²) >= 11 is 0. The fraction of sp³-hybridized carbons (Fsp3) is 0.467. The average molecular weight is 296 g/mol. The zero-order valence-electron chi connectivity index (χ0n) is 12.9. The number of hydrogen-bond donors (Lipinski definition) is 1. The number of hydrogen-bond acceptors (Lipinski definition) is 3. The Bertz CT molecular complexity index is 590. The highest BCUT2D eigenvalue weighted by Crippen LogP contribution is 2.30. The van der Waals surface area contributed by atoms with E-state index in [0.29, 0.717) is 21.7 Å². The molecule has 1 aromatic rings. The number of sulfonamides is 1. The Labute approximate surface area is 122 Å². The van der Waals surface area contributed by atoms with E-state index in [9.17, 15) is 8.42 Å². The molecular formula is C15H24N2O2S. The predicted molar refractivity (Wildman–Crippen MR) is 84.2 cm³/mol. The van der Waals surface area contributed by atoms with E-state index in [0.717, 1.165) is 0 Å². The van der Waals surface area contributed by atoms with Crippen LogP contribution in [0.25, 0.3) is 0 Å². The molecule has 0 aliphatic rings. The quantitative estimate of drug-likeness (QED) is 0.686. The number of benzene rings is 1. The van der Waals surface area contributed by atoms with Gasteiger partial charge in [-0.25, -0.2) is 8.42 Å². The Balaban J connectivity index is 3.53. The molecule has 0 atom stereocenters. The lowest BCUT2D eigenvalue weighted by atomic mass is 10.1. The Kier molecular flexibility index (Phi) is 4.66. The normalized spacial score (nSPS) is 12.7. The first-order valence-electron chi connectivity index (χ1n) is 6.52. The Morgan fingerprint density at radius 1 is 1.25 bits per heavy atom. The molecular weight excluding hydrogens is 272 g/mol. The molecule has 0 aliphatic heterocycles. The summed E-state index contributed by atoms with van der Waals surface area (Å²) in [5.41, 5.74) is 7.16. The van der Waals surface area contributed by atoms with E-state index in [4.69, 9.17) is 5.73 Å². The smallest absolute Gasteiger partial charge is 0.244 e. The van der Waals surface area contributed by atoms with Crippen LogP contribution in [0.5, 0.6) is 0 Å². The van der Waals surface area contributed by atoms with Crippen molar-refractivity contribution in [3.05, 3.63) is 35.9 Å². The monoisotopic (exact) mass is 296 g/mol. The maximum atomic E-state index is 13.0. The number of aryl methyl sites for hydroxylation is 2. The Morgan fingerprint density at radius 2 is 1.70 bits per heavy atom. The lowest BCUT2D eigenvalue weighted by molar-refractivity contribution is 0.269. The minimum absolute atomic E-state index is 0.273. The second kappa shape index (κ2) is 5.58. The highest BCUT2D eigenvalue weighted by atomic mass is 32.2. The van der Waals surface area contributed by atoms with Crippen LogP contribution in [0.15, 0.2) is 29.7 Å². The largest absolute Gasteiger partial charge is 0.399 e. The van der Waals surface area contributed by atoms with E-state index in [2.05, 4.69) is 6.58 Å². The van der Waals surface area contributed by atoms with Gasteiger partial charge in [-0.1, -0.05) is 6.08 Å². The van der Waals surface area contributed by atoms with Crippen LogP contribution in [0.1, 0.15) is 31.9 Å². The summed E-state index contributed by atoms with van der Waals surface area (Å²) in [6.07, 6.45) is 1.60. The summed E-state index contributed by atoms with van der Waals surface area (Å²) in [5, 5.41) is 0.